The summed E-state index contributed by atoms with van der Waals surface area (Å²) in [6, 6.07) is 5.86. The monoisotopic (exact) mass is 270 g/mol. The maximum Gasteiger partial charge on any atom is 0.253 e. The highest BCUT2D eigenvalue weighted by atomic mass is 16.1. The Morgan fingerprint density at radius 1 is 1.30 bits per heavy atom. The first-order valence-corrected chi connectivity index (χ1v) is 7.02. The van der Waals surface area contributed by atoms with Crippen LogP contribution in [0.1, 0.15) is 41.7 Å². The van der Waals surface area contributed by atoms with Crippen molar-refractivity contribution in [3.63, 3.8) is 0 Å². The lowest BCUT2D eigenvalue weighted by atomic mass is 10.2. The molecule has 0 saturated heterocycles. The molecule has 20 heavy (non-hydrogen) atoms. The number of nitrogens with one attached hydrogen (secondary N) is 1. The van der Waals surface area contributed by atoms with E-state index in [1.807, 2.05) is 25.3 Å². The predicted molar refractivity (Wildman–Crippen MR) is 75.8 cm³/mol. The van der Waals surface area contributed by atoms with Crippen LogP contribution >= 0.6 is 0 Å². The van der Waals surface area contributed by atoms with Crippen molar-refractivity contribution in [3.8, 4) is 5.82 Å². The van der Waals surface area contributed by atoms with Gasteiger partial charge in [-0.3, -0.25) is 4.79 Å². The van der Waals surface area contributed by atoms with Crippen LogP contribution in [0.25, 0.3) is 5.82 Å². The number of nitrogens with zero attached hydrogens (tertiary/aromatic N) is 3. The summed E-state index contributed by atoms with van der Waals surface area (Å²) in [5, 5.41) is 7.35. The average Bonchev–Trinajstić information content (AvgIpc) is 3.10. The quantitative estimate of drug-likeness (QED) is 0.930. The SMILES string of the molecule is Cc1ccn(-c2ccc(C(=O)NC3CCCC3)cn2)n1. The Hall–Kier alpha value is -2.17. The van der Waals surface area contributed by atoms with Gasteiger partial charge in [0.1, 0.15) is 0 Å². The average molecular weight is 270 g/mol. The van der Waals surface area contributed by atoms with Crippen molar-refractivity contribution < 1.29 is 4.79 Å². The molecule has 0 atom stereocenters. The molecule has 2 aromatic rings. The molecule has 0 aromatic carbocycles. The van der Waals surface area contributed by atoms with E-state index in [-0.39, 0.29) is 5.91 Å². The largest absolute Gasteiger partial charge is 0.349 e. The molecule has 5 nitrogen and oxygen atoms in total. The van der Waals surface area contributed by atoms with Gasteiger partial charge in [0, 0.05) is 18.4 Å². The fourth-order valence-corrected chi connectivity index (χ4v) is 2.54. The Morgan fingerprint density at radius 2 is 2.10 bits per heavy atom. The molecule has 2 aromatic heterocycles. The number of hydrogen-bond donors (Lipinski definition) is 1. The highest BCUT2D eigenvalue weighted by Gasteiger charge is 2.18. The number of hydrogen-bond acceptors (Lipinski definition) is 3. The third kappa shape index (κ3) is 2.71. The molecule has 1 aliphatic rings. The van der Waals surface area contributed by atoms with Crippen molar-refractivity contribution in [3.05, 3.63) is 41.9 Å². The van der Waals surface area contributed by atoms with Crippen LogP contribution in [-0.2, 0) is 0 Å². The predicted octanol–water partition coefficient (Wildman–Crippen LogP) is 2.25. The molecule has 0 radical (unpaired) electrons. The fourth-order valence-electron chi connectivity index (χ4n) is 2.54. The molecular weight excluding hydrogens is 252 g/mol. The fraction of sp³-hybridized carbons (Fsp3) is 0.400. The third-order valence-electron chi connectivity index (χ3n) is 3.66. The second kappa shape index (κ2) is 5.45. The molecule has 3 rings (SSSR count). The number of amides is 1. The van der Waals surface area contributed by atoms with Crippen LogP contribution in [0.3, 0.4) is 0 Å². The van der Waals surface area contributed by atoms with Gasteiger partial charge >= 0.3 is 0 Å². The first-order chi connectivity index (χ1) is 9.72. The van der Waals surface area contributed by atoms with Crippen molar-refractivity contribution in [2.75, 3.05) is 0 Å². The lowest BCUT2D eigenvalue weighted by Gasteiger charge is -2.11. The van der Waals surface area contributed by atoms with E-state index in [2.05, 4.69) is 15.4 Å². The first kappa shape index (κ1) is 12.8. The minimum absolute atomic E-state index is 0.0346. The van der Waals surface area contributed by atoms with E-state index < -0.39 is 0 Å². The minimum atomic E-state index is -0.0346. The van der Waals surface area contributed by atoms with E-state index in [0.29, 0.717) is 11.6 Å². The summed E-state index contributed by atoms with van der Waals surface area (Å²) in [6.07, 6.45) is 8.06. The van der Waals surface area contributed by atoms with Crippen LogP contribution in [0, 0.1) is 6.92 Å². The number of carbonyl (C=O) groups is 1. The number of rotatable bonds is 3. The van der Waals surface area contributed by atoms with E-state index in [1.54, 1.807) is 16.9 Å². The highest BCUT2D eigenvalue weighted by molar-refractivity contribution is 5.94. The van der Waals surface area contributed by atoms with Gasteiger partial charge in [-0.2, -0.15) is 5.10 Å². The van der Waals surface area contributed by atoms with E-state index in [1.165, 1.54) is 12.8 Å². The van der Waals surface area contributed by atoms with E-state index in [4.69, 9.17) is 0 Å². The molecule has 0 aliphatic heterocycles. The van der Waals surface area contributed by atoms with E-state index in [0.717, 1.165) is 24.4 Å². The minimum Gasteiger partial charge on any atom is -0.349 e. The Kier molecular flexibility index (Phi) is 3.50. The van der Waals surface area contributed by atoms with Crippen LogP contribution < -0.4 is 5.32 Å². The van der Waals surface area contributed by atoms with Crippen molar-refractivity contribution in [2.45, 2.75) is 38.6 Å². The summed E-state index contributed by atoms with van der Waals surface area (Å²) >= 11 is 0. The summed E-state index contributed by atoms with van der Waals surface area (Å²) in [5.41, 5.74) is 1.54. The maximum atomic E-state index is 12.1. The molecule has 1 fully saturated rings. The highest BCUT2D eigenvalue weighted by Crippen LogP contribution is 2.18. The molecular formula is C15H18N4O. The number of aryl methyl sites for hydroxylation is 1. The molecule has 0 unspecified atom stereocenters. The van der Waals surface area contributed by atoms with E-state index >= 15 is 0 Å². The Balaban J connectivity index is 1.70. The van der Waals surface area contributed by atoms with Gasteiger partial charge in [0.15, 0.2) is 5.82 Å². The maximum absolute atomic E-state index is 12.1. The van der Waals surface area contributed by atoms with Crippen molar-refractivity contribution in [2.24, 2.45) is 0 Å². The standard InChI is InChI=1S/C15H18N4O/c1-11-8-9-19(18-11)14-7-6-12(10-16-14)15(20)17-13-4-2-3-5-13/h6-10,13H,2-5H2,1H3,(H,17,20). The summed E-state index contributed by atoms with van der Waals surface area (Å²) < 4.78 is 1.70. The molecule has 1 aliphatic carbocycles. The number of pyridine rings is 1. The second-order valence-electron chi connectivity index (χ2n) is 5.26. The molecule has 0 spiro atoms. The van der Waals surface area contributed by atoms with Gasteiger partial charge < -0.3 is 5.32 Å². The normalized spacial score (nSPS) is 15.4. The van der Waals surface area contributed by atoms with Gasteiger partial charge in [0.05, 0.1) is 11.3 Å². The smallest absolute Gasteiger partial charge is 0.253 e. The Labute approximate surface area is 118 Å². The zero-order chi connectivity index (χ0) is 13.9. The van der Waals surface area contributed by atoms with Gasteiger partial charge in [-0.15, -0.1) is 0 Å². The first-order valence-electron chi connectivity index (χ1n) is 7.02. The Morgan fingerprint density at radius 3 is 2.70 bits per heavy atom. The Bertz CT molecular complexity index is 597. The molecule has 104 valence electrons. The topological polar surface area (TPSA) is 59.8 Å². The molecule has 1 amide bonds. The third-order valence-corrected chi connectivity index (χ3v) is 3.66. The van der Waals surface area contributed by atoms with Gasteiger partial charge in [-0.25, -0.2) is 9.67 Å². The van der Waals surface area contributed by atoms with Crippen molar-refractivity contribution in [1.29, 1.82) is 0 Å². The van der Waals surface area contributed by atoms with Crippen LogP contribution in [-0.4, -0.2) is 26.7 Å². The van der Waals surface area contributed by atoms with Gasteiger partial charge in [-0.05, 0) is 38.0 Å². The van der Waals surface area contributed by atoms with Gasteiger partial charge in [0.25, 0.3) is 5.91 Å². The van der Waals surface area contributed by atoms with Crippen molar-refractivity contribution in [1.82, 2.24) is 20.1 Å². The summed E-state index contributed by atoms with van der Waals surface area (Å²) in [4.78, 5) is 16.4. The second-order valence-corrected chi connectivity index (χ2v) is 5.26. The molecule has 1 saturated carbocycles. The van der Waals surface area contributed by atoms with Gasteiger partial charge in [0.2, 0.25) is 0 Å². The summed E-state index contributed by atoms with van der Waals surface area (Å²) in [7, 11) is 0. The van der Waals surface area contributed by atoms with Crippen molar-refractivity contribution >= 4 is 5.91 Å². The lowest BCUT2D eigenvalue weighted by molar-refractivity contribution is 0.0937. The van der Waals surface area contributed by atoms with Crippen LogP contribution in [0.4, 0.5) is 0 Å². The molecule has 2 heterocycles. The molecule has 0 bridgehead atoms. The van der Waals surface area contributed by atoms with Crippen LogP contribution in [0.2, 0.25) is 0 Å². The number of aromatic nitrogens is 3. The van der Waals surface area contributed by atoms with Crippen LogP contribution in [0.15, 0.2) is 30.6 Å². The zero-order valence-corrected chi connectivity index (χ0v) is 11.5. The van der Waals surface area contributed by atoms with E-state index in [9.17, 15) is 4.79 Å². The van der Waals surface area contributed by atoms with Gasteiger partial charge in [-0.1, -0.05) is 12.8 Å². The molecule has 5 heteroatoms. The zero-order valence-electron chi connectivity index (χ0n) is 11.5. The van der Waals surface area contributed by atoms with Crippen LogP contribution in [0.5, 0.6) is 0 Å². The summed E-state index contributed by atoms with van der Waals surface area (Å²) in [6.45, 7) is 1.93. The number of carbonyl (C=O) groups excluding carboxylic acids is 1. The molecule has 1 N–H and O–H groups in total. The lowest BCUT2D eigenvalue weighted by Crippen LogP contribution is -2.32. The summed E-state index contributed by atoms with van der Waals surface area (Å²) in [5.74, 6) is 0.683.